The van der Waals surface area contributed by atoms with Gasteiger partial charge in [-0.3, -0.25) is 10.9 Å². The van der Waals surface area contributed by atoms with Crippen LogP contribution in [0.5, 0.6) is 0 Å². The first-order chi connectivity index (χ1) is 10.9. The minimum atomic E-state index is -0.587. The van der Waals surface area contributed by atoms with E-state index >= 15 is 0 Å². The number of aryl methyl sites for hydroxylation is 1. The molecule has 0 heterocycles. The molecule has 0 aliphatic carbocycles. The first-order valence-electron chi connectivity index (χ1n) is 7.04. The van der Waals surface area contributed by atoms with Crippen molar-refractivity contribution in [3.63, 3.8) is 0 Å². The number of ether oxygens (including phenoxy) is 1. The van der Waals surface area contributed by atoms with Crippen molar-refractivity contribution in [1.29, 1.82) is 0 Å². The number of thiocarbonyl (C=S) groups is 1. The van der Waals surface area contributed by atoms with Crippen LogP contribution in [0.4, 0.5) is 5.69 Å². The average molecular weight is 335 g/mol. The van der Waals surface area contributed by atoms with Gasteiger partial charge in [-0.05, 0) is 57.1 Å². The third-order valence-electron chi connectivity index (χ3n) is 3.04. The van der Waals surface area contributed by atoms with E-state index in [2.05, 4.69) is 33.3 Å². The summed E-state index contributed by atoms with van der Waals surface area (Å²) < 4.78 is 4.99. The Balaban J connectivity index is 3.08. The molecule has 0 aromatic heterocycles. The molecular formula is C15H21N5O2S. The standard InChI is InChI=1S/C15H21N5O2S/c1-5-22-14(21)13(11(4)17-20-15(16)23)19-18-12-8-6-7-9(2)10(12)3/h6-8,18H,5H2,1-4H3,(H3,16,20,23)/b17-11-,19-13+. The van der Waals surface area contributed by atoms with Crippen molar-refractivity contribution in [2.45, 2.75) is 27.7 Å². The Bertz CT molecular complexity index is 655. The van der Waals surface area contributed by atoms with Gasteiger partial charge in [0.05, 0.1) is 18.0 Å². The maximum atomic E-state index is 12.0. The zero-order chi connectivity index (χ0) is 17.4. The SMILES string of the molecule is CCOC(=O)C(=N/Nc1cccc(C)c1C)/C(C)=N\NC(N)=S. The molecule has 124 valence electrons. The predicted octanol–water partition coefficient (Wildman–Crippen LogP) is 1.84. The zero-order valence-electron chi connectivity index (χ0n) is 13.6. The van der Waals surface area contributed by atoms with Gasteiger partial charge < -0.3 is 10.5 Å². The number of nitrogens with one attached hydrogen (secondary N) is 2. The molecule has 1 aromatic carbocycles. The van der Waals surface area contributed by atoms with Gasteiger partial charge in [0.2, 0.25) is 0 Å². The quantitative estimate of drug-likeness (QED) is 0.317. The Kier molecular flexibility index (Phi) is 7.14. The van der Waals surface area contributed by atoms with Gasteiger partial charge in [0.1, 0.15) is 0 Å². The van der Waals surface area contributed by atoms with Crippen LogP contribution in [0, 0.1) is 13.8 Å². The summed E-state index contributed by atoms with van der Waals surface area (Å²) in [6, 6.07) is 5.77. The number of hydrazone groups is 2. The molecule has 0 aliphatic heterocycles. The highest BCUT2D eigenvalue weighted by atomic mass is 32.1. The summed E-state index contributed by atoms with van der Waals surface area (Å²) in [7, 11) is 0. The van der Waals surface area contributed by atoms with E-state index in [0.717, 1.165) is 16.8 Å². The van der Waals surface area contributed by atoms with E-state index < -0.39 is 5.97 Å². The van der Waals surface area contributed by atoms with Crippen LogP contribution in [0.3, 0.4) is 0 Å². The number of esters is 1. The largest absolute Gasteiger partial charge is 0.461 e. The predicted molar refractivity (Wildman–Crippen MR) is 96.6 cm³/mol. The molecule has 1 aromatic rings. The van der Waals surface area contributed by atoms with Crippen LogP contribution in [-0.2, 0) is 9.53 Å². The molecule has 0 saturated heterocycles. The minimum Gasteiger partial charge on any atom is -0.461 e. The summed E-state index contributed by atoms with van der Waals surface area (Å²) in [6.07, 6.45) is 0. The molecule has 0 radical (unpaired) electrons. The van der Waals surface area contributed by atoms with Crippen molar-refractivity contribution in [2.24, 2.45) is 15.9 Å². The number of nitrogens with zero attached hydrogens (tertiary/aromatic N) is 2. The highest BCUT2D eigenvalue weighted by molar-refractivity contribution is 7.80. The van der Waals surface area contributed by atoms with Gasteiger partial charge in [-0.2, -0.15) is 10.2 Å². The maximum absolute atomic E-state index is 12.0. The first-order valence-corrected chi connectivity index (χ1v) is 7.44. The summed E-state index contributed by atoms with van der Waals surface area (Å²) in [5, 5.41) is 8.03. The van der Waals surface area contributed by atoms with Crippen LogP contribution in [0.2, 0.25) is 0 Å². The fourth-order valence-corrected chi connectivity index (χ4v) is 1.70. The second kappa shape index (κ2) is 8.84. The molecule has 23 heavy (non-hydrogen) atoms. The summed E-state index contributed by atoms with van der Waals surface area (Å²) in [6.45, 7) is 7.51. The molecule has 1 rings (SSSR count). The number of carbonyl (C=O) groups is 1. The second-order valence-corrected chi connectivity index (χ2v) is 5.15. The van der Waals surface area contributed by atoms with Gasteiger partial charge in [-0.1, -0.05) is 12.1 Å². The van der Waals surface area contributed by atoms with Crippen molar-refractivity contribution in [2.75, 3.05) is 12.0 Å². The Morgan fingerprint density at radius 3 is 2.65 bits per heavy atom. The average Bonchev–Trinajstić information content (AvgIpc) is 2.49. The van der Waals surface area contributed by atoms with Crippen LogP contribution < -0.4 is 16.6 Å². The molecule has 0 atom stereocenters. The Hall–Kier alpha value is -2.48. The topological polar surface area (TPSA) is 101 Å². The van der Waals surface area contributed by atoms with Crippen LogP contribution in [0.1, 0.15) is 25.0 Å². The molecule has 0 fully saturated rings. The molecule has 0 aliphatic rings. The van der Waals surface area contributed by atoms with Gasteiger partial charge >= 0.3 is 5.97 Å². The van der Waals surface area contributed by atoms with Crippen molar-refractivity contribution >= 4 is 40.4 Å². The van der Waals surface area contributed by atoms with Gasteiger partial charge in [-0.15, -0.1) is 0 Å². The lowest BCUT2D eigenvalue weighted by atomic mass is 10.1. The Morgan fingerprint density at radius 1 is 1.35 bits per heavy atom. The van der Waals surface area contributed by atoms with Gasteiger partial charge in [0.25, 0.3) is 0 Å². The molecule has 0 unspecified atom stereocenters. The third-order valence-corrected chi connectivity index (χ3v) is 3.13. The van der Waals surface area contributed by atoms with Crippen molar-refractivity contribution in [3.05, 3.63) is 29.3 Å². The van der Waals surface area contributed by atoms with Crippen molar-refractivity contribution < 1.29 is 9.53 Å². The number of carbonyl (C=O) groups excluding carboxylic acids is 1. The molecule has 0 spiro atoms. The fraction of sp³-hybridized carbons (Fsp3) is 0.333. The minimum absolute atomic E-state index is 0.00459. The molecule has 0 saturated carbocycles. The lowest BCUT2D eigenvalue weighted by molar-refractivity contribution is -0.134. The molecular weight excluding hydrogens is 314 g/mol. The number of hydrogen-bond acceptors (Lipinski definition) is 6. The number of hydrogen-bond donors (Lipinski definition) is 3. The fourth-order valence-electron chi connectivity index (χ4n) is 1.65. The highest BCUT2D eigenvalue weighted by Gasteiger charge is 2.17. The summed E-state index contributed by atoms with van der Waals surface area (Å²) in [5.41, 5.74) is 13.9. The lowest BCUT2D eigenvalue weighted by Crippen LogP contribution is -2.30. The van der Waals surface area contributed by atoms with E-state index in [4.69, 9.17) is 10.5 Å². The van der Waals surface area contributed by atoms with E-state index in [1.807, 2.05) is 32.0 Å². The zero-order valence-corrected chi connectivity index (χ0v) is 14.5. The molecule has 4 N–H and O–H groups in total. The van der Waals surface area contributed by atoms with Crippen LogP contribution in [0.15, 0.2) is 28.4 Å². The number of rotatable bonds is 6. The molecule has 8 heteroatoms. The molecule has 7 nitrogen and oxygen atoms in total. The van der Waals surface area contributed by atoms with Gasteiger partial charge in [0, 0.05) is 0 Å². The monoisotopic (exact) mass is 335 g/mol. The molecule has 0 bridgehead atoms. The van der Waals surface area contributed by atoms with E-state index in [1.165, 1.54) is 0 Å². The van der Waals surface area contributed by atoms with Crippen molar-refractivity contribution in [1.82, 2.24) is 5.43 Å². The lowest BCUT2D eigenvalue weighted by Gasteiger charge is -2.10. The Labute approximate surface area is 141 Å². The first kappa shape index (κ1) is 18.6. The number of nitrogens with two attached hydrogens (primary N) is 1. The van der Waals surface area contributed by atoms with E-state index in [1.54, 1.807) is 13.8 Å². The van der Waals surface area contributed by atoms with E-state index in [9.17, 15) is 4.79 Å². The summed E-state index contributed by atoms with van der Waals surface area (Å²) in [4.78, 5) is 12.0. The summed E-state index contributed by atoms with van der Waals surface area (Å²) in [5.74, 6) is -0.587. The second-order valence-electron chi connectivity index (χ2n) is 4.71. The maximum Gasteiger partial charge on any atom is 0.360 e. The summed E-state index contributed by atoms with van der Waals surface area (Å²) >= 11 is 4.68. The third kappa shape index (κ3) is 5.67. The number of benzene rings is 1. The van der Waals surface area contributed by atoms with Crippen molar-refractivity contribution in [3.8, 4) is 0 Å². The van der Waals surface area contributed by atoms with Gasteiger partial charge in [0.15, 0.2) is 10.8 Å². The van der Waals surface area contributed by atoms with E-state index in [0.29, 0.717) is 5.71 Å². The highest BCUT2D eigenvalue weighted by Crippen LogP contribution is 2.17. The van der Waals surface area contributed by atoms with Gasteiger partial charge in [-0.25, -0.2) is 4.79 Å². The smallest absolute Gasteiger partial charge is 0.360 e. The number of anilines is 1. The van der Waals surface area contributed by atoms with Crippen LogP contribution >= 0.6 is 12.2 Å². The Morgan fingerprint density at radius 2 is 2.04 bits per heavy atom. The van der Waals surface area contributed by atoms with Crippen LogP contribution in [0.25, 0.3) is 0 Å². The van der Waals surface area contributed by atoms with E-state index in [-0.39, 0.29) is 17.4 Å². The normalized spacial score (nSPS) is 11.8. The molecule has 0 amide bonds. The van der Waals surface area contributed by atoms with Crippen LogP contribution in [-0.4, -0.2) is 29.1 Å².